The summed E-state index contributed by atoms with van der Waals surface area (Å²) in [5.74, 6) is 3.91. The zero-order chi connectivity index (χ0) is 63.0. The first kappa shape index (κ1) is 67.9. The Labute approximate surface area is 524 Å². The summed E-state index contributed by atoms with van der Waals surface area (Å²) in [6.07, 6.45) is 14.3. The molecular formula is C72H100N8O8. The number of unbranched alkanes of at least 4 members (excludes halogenated alkanes) is 2. The molecule has 2 aliphatic rings. The van der Waals surface area contributed by atoms with Crippen molar-refractivity contribution in [2.24, 2.45) is 23.7 Å². The van der Waals surface area contributed by atoms with Gasteiger partial charge in [0.15, 0.2) is 11.4 Å². The lowest BCUT2D eigenvalue weighted by molar-refractivity contribution is -0.122. The maximum absolute atomic E-state index is 13.8. The van der Waals surface area contributed by atoms with Gasteiger partial charge in [-0.2, -0.15) is 10.2 Å². The maximum atomic E-state index is 13.8. The van der Waals surface area contributed by atoms with Crippen molar-refractivity contribution in [2.45, 2.75) is 196 Å². The molecule has 0 bridgehead atoms. The number of aromatic nitrogens is 4. The molecule has 16 heteroatoms. The summed E-state index contributed by atoms with van der Waals surface area (Å²) in [5.41, 5.74) is 5.95. The van der Waals surface area contributed by atoms with Crippen LogP contribution >= 0.6 is 0 Å². The molecule has 0 aliphatic heterocycles. The van der Waals surface area contributed by atoms with E-state index in [1.165, 1.54) is 6.42 Å². The molecule has 6 aromatic rings. The number of nitrogens with one attached hydrogen (secondary N) is 4. The maximum Gasteiger partial charge on any atom is 0.272 e. The fourth-order valence-electron chi connectivity index (χ4n) is 12.1. The number of carbonyl (C=O) groups excluding carboxylic acids is 4. The minimum atomic E-state index is -0.288. The fourth-order valence-corrected chi connectivity index (χ4v) is 12.1. The third-order valence-electron chi connectivity index (χ3n) is 16.7. The van der Waals surface area contributed by atoms with Crippen LogP contribution in [0.2, 0.25) is 0 Å². The number of methoxy groups -OCH3 is 2. The highest BCUT2D eigenvalue weighted by Crippen LogP contribution is 2.44. The molecule has 2 heterocycles. The molecule has 2 unspecified atom stereocenters. The highest BCUT2D eigenvalue weighted by molar-refractivity contribution is 5.95. The summed E-state index contributed by atoms with van der Waals surface area (Å²) in [5, 5.41) is 22.1. The number of rotatable bonds is 30. The predicted molar refractivity (Wildman–Crippen MR) is 350 cm³/mol. The summed E-state index contributed by atoms with van der Waals surface area (Å²) in [4.78, 5) is 52.9. The summed E-state index contributed by atoms with van der Waals surface area (Å²) >= 11 is 0. The van der Waals surface area contributed by atoms with Gasteiger partial charge in [-0.1, -0.05) is 154 Å². The van der Waals surface area contributed by atoms with Crippen LogP contribution in [0.25, 0.3) is 22.5 Å². The number of hydrogen-bond donors (Lipinski definition) is 4. The van der Waals surface area contributed by atoms with E-state index in [2.05, 4.69) is 76.7 Å². The third kappa shape index (κ3) is 20.2. The number of benzene rings is 4. The second-order valence-corrected chi connectivity index (χ2v) is 25.2. The summed E-state index contributed by atoms with van der Waals surface area (Å²) in [6, 6.07) is 35.1. The molecule has 2 saturated carbocycles. The van der Waals surface area contributed by atoms with Crippen molar-refractivity contribution in [1.82, 2.24) is 40.8 Å². The number of amides is 4. The van der Waals surface area contributed by atoms with E-state index in [9.17, 15) is 19.2 Å². The van der Waals surface area contributed by atoms with Crippen molar-refractivity contribution >= 4 is 23.6 Å². The fraction of sp³-hybridized carbons (Fsp3) is 0.528. The van der Waals surface area contributed by atoms with Gasteiger partial charge in [-0.25, -0.2) is 0 Å². The zero-order valence-electron chi connectivity index (χ0n) is 54.2. The Morgan fingerprint density at radius 2 is 0.966 bits per heavy atom. The number of ether oxygens (including phenoxy) is 4. The largest absolute Gasteiger partial charge is 0.496 e. The van der Waals surface area contributed by atoms with Gasteiger partial charge < -0.3 is 40.2 Å². The third-order valence-corrected chi connectivity index (χ3v) is 16.7. The van der Waals surface area contributed by atoms with Gasteiger partial charge in [-0.15, -0.1) is 0 Å². The topological polar surface area (TPSA) is 189 Å². The van der Waals surface area contributed by atoms with Crippen LogP contribution in [0, 0.1) is 23.7 Å². The van der Waals surface area contributed by atoms with E-state index in [1.807, 2.05) is 119 Å². The minimum absolute atomic E-state index is 0.0406. The Hall–Kier alpha value is -7.62. The highest BCUT2D eigenvalue weighted by atomic mass is 16.5. The number of nitrogens with zero attached hydrogens (tertiary/aromatic N) is 4. The standard InChI is InChI=1S/2C36H50N4O4/c1-6-7-19-37-34(41)22-28(20-25(2)3)38-36(42)30-23-31(40(39-30)29-16-11-13-26(4)21-29)35-32(43-5)17-12-18-33(35)44-24-27-14-9-8-10-15-27;1-6-7-20-37-34(41)22-28(21-25(2)3)38-36(42)30-23-31(40(39-30)29-18-16-26(4)17-19-29)35-32(43-5)14-11-15-33(35)44-24-27-12-9-8-10-13-27/h8-10,12,14-15,17-18,23,25-26,28-29H,6-7,11,13,16,19-22,24H2,1-5H3,(H,37,41)(H,38,42);8-15,23,25-26,28-29H,6-7,16-22,24H2,1-5H3,(H,37,41)(H,38,42)/t2*26?,28-,29?/m00/s1. The molecule has 88 heavy (non-hydrogen) atoms. The summed E-state index contributed by atoms with van der Waals surface area (Å²) in [6.45, 7) is 19.3. The van der Waals surface area contributed by atoms with Gasteiger partial charge in [0.25, 0.3) is 11.8 Å². The lowest BCUT2D eigenvalue weighted by Gasteiger charge is -2.29. The quantitative estimate of drug-likeness (QED) is 0.0316. The van der Waals surface area contributed by atoms with Crippen LogP contribution in [0.15, 0.2) is 109 Å². The highest BCUT2D eigenvalue weighted by Gasteiger charge is 2.32. The molecule has 0 radical (unpaired) electrons. The lowest BCUT2D eigenvalue weighted by Crippen LogP contribution is -2.40. The Kier molecular flexibility index (Phi) is 26.8. The molecule has 476 valence electrons. The molecular weight excluding hydrogens is 1100 g/mol. The van der Waals surface area contributed by atoms with Gasteiger partial charge in [0.1, 0.15) is 36.2 Å². The molecule has 2 aromatic heterocycles. The lowest BCUT2D eigenvalue weighted by atomic mass is 9.87. The Morgan fingerprint density at radius 1 is 0.534 bits per heavy atom. The molecule has 4 N–H and O–H groups in total. The predicted octanol–water partition coefficient (Wildman–Crippen LogP) is 14.7. The van der Waals surface area contributed by atoms with Gasteiger partial charge in [0.2, 0.25) is 11.8 Å². The molecule has 2 aliphatic carbocycles. The van der Waals surface area contributed by atoms with Crippen LogP contribution in [0.1, 0.15) is 202 Å². The van der Waals surface area contributed by atoms with Crippen molar-refractivity contribution in [3.05, 3.63) is 132 Å². The second-order valence-electron chi connectivity index (χ2n) is 25.2. The van der Waals surface area contributed by atoms with Crippen molar-refractivity contribution in [1.29, 1.82) is 0 Å². The first-order valence-corrected chi connectivity index (χ1v) is 32.6. The normalized spacial score (nSPS) is 17.2. The van der Waals surface area contributed by atoms with Crippen LogP contribution in [-0.2, 0) is 22.8 Å². The van der Waals surface area contributed by atoms with E-state index in [1.54, 1.807) is 14.2 Å². The van der Waals surface area contributed by atoms with Gasteiger partial charge in [-0.05, 0) is 135 Å². The van der Waals surface area contributed by atoms with Gasteiger partial charge in [0.05, 0.1) is 48.8 Å². The van der Waals surface area contributed by atoms with Gasteiger partial charge >= 0.3 is 0 Å². The van der Waals surface area contributed by atoms with Crippen molar-refractivity contribution < 1.29 is 38.1 Å². The Morgan fingerprint density at radius 3 is 1.38 bits per heavy atom. The van der Waals surface area contributed by atoms with Crippen LogP contribution in [0.4, 0.5) is 0 Å². The van der Waals surface area contributed by atoms with E-state index >= 15 is 0 Å². The van der Waals surface area contributed by atoms with Crippen molar-refractivity contribution in [3.63, 3.8) is 0 Å². The second kappa shape index (κ2) is 34.8. The summed E-state index contributed by atoms with van der Waals surface area (Å²) in [7, 11) is 3.30. The molecule has 16 nitrogen and oxygen atoms in total. The van der Waals surface area contributed by atoms with Gasteiger partial charge in [-0.3, -0.25) is 28.5 Å². The molecule has 2 fully saturated rings. The monoisotopic (exact) mass is 1200 g/mol. The van der Waals surface area contributed by atoms with E-state index in [0.29, 0.717) is 97.2 Å². The Bertz CT molecular complexity index is 3110. The van der Waals surface area contributed by atoms with E-state index < -0.39 is 0 Å². The average molecular weight is 1210 g/mol. The summed E-state index contributed by atoms with van der Waals surface area (Å²) < 4.78 is 28.5. The van der Waals surface area contributed by atoms with Crippen molar-refractivity contribution in [2.75, 3.05) is 27.3 Å². The van der Waals surface area contributed by atoms with E-state index in [4.69, 9.17) is 29.1 Å². The first-order valence-electron chi connectivity index (χ1n) is 32.6. The zero-order valence-corrected chi connectivity index (χ0v) is 54.2. The van der Waals surface area contributed by atoms with Crippen LogP contribution in [0.5, 0.6) is 23.0 Å². The van der Waals surface area contributed by atoms with Gasteiger partial charge in [0, 0.05) is 38.0 Å². The smallest absolute Gasteiger partial charge is 0.272 e. The van der Waals surface area contributed by atoms with E-state index in [0.717, 1.165) is 104 Å². The molecule has 4 atom stereocenters. The van der Waals surface area contributed by atoms with Crippen LogP contribution < -0.4 is 40.2 Å². The Balaban J connectivity index is 0.000000251. The SMILES string of the molecule is CCCCNC(=O)C[C@H](CC(C)C)NC(=O)c1cc(-c2c(OC)cccc2OCc2ccccc2)n(C2CCC(C)CC2)n1.CCCCNC(=O)C[C@H](CC(C)C)NC(=O)c1cc(-c2c(OC)cccc2OCc2ccccc2)n(C2CCCC(C)C2)n1. The van der Waals surface area contributed by atoms with Crippen molar-refractivity contribution in [3.8, 4) is 45.5 Å². The number of hydrogen-bond acceptors (Lipinski definition) is 10. The van der Waals surface area contributed by atoms with Crippen LogP contribution in [0.3, 0.4) is 0 Å². The molecule has 4 aromatic carbocycles. The molecule has 0 saturated heterocycles. The molecule has 8 rings (SSSR count). The first-order chi connectivity index (χ1) is 42.6. The molecule has 0 spiro atoms. The van der Waals surface area contributed by atoms with Crippen LogP contribution in [-0.4, -0.2) is 82.6 Å². The molecule has 4 amide bonds. The van der Waals surface area contributed by atoms with E-state index in [-0.39, 0.29) is 60.6 Å². The minimum Gasteiger partial charge on any atom is -0.496 e. The average Bonchev–Trinajstić information content (AvgIpc) is 3.75. The number of carbonyl (C=O) groups is 4.